The quantitative estimate of drug-likeness (QED) is 0.468. The van der Waals surface area contributed by atoms with E-state index in [2.05, 4.69) is 26.6 Å². The number of ether oxygens (including phenoxy) is 1. The largest absolute Gasteiger partial charge is 0.449 e. The van der Waals surface area contributed by atoms with Gasteiger partial charge in [-0.05, 0) is 56.2 Å². The van der Waals surface area contributed by atoms with Crippen LogP contribution >= 0.6 is 15.9 Å². The molecule has 2 aromatic carbocycles. The number of rotatable bonds is 7. The van der Waals surface area contributed by atoms with Gasteiger partial charge in [-0.15, -0.1) is 0 Å². The van der Waals surface area contributed by atoms with Gasteiger partial charge < -0.3 is 15.4 Å². The summed E-state index contributed by atoms with van der Waals surface area (Å²) in [4.78, 5) is 36.1. The topological polar surface area (TPSA) is 84.5 Å². The van der Waals surface area contributed by atoms with Gasteiger partial charge in [-0.3, -0.25) is 9.59 Å². The molecule has 0 aliphatic heterocycles. The van der Waals surface area contributed by atoms with Crippen LogP contribution in [0.2, 0.25) is 0 Å². The molecule has 30 heavy (non-hydrogen) atoms. The van der Waals surface area contributed by atoms with Crippen LogP contribution in [0, 0.1) is 19.7 Å². The van der Waals surface area contributed by atoms with Gasteiger partial charge in [-0.2, -0.15) is 0 Å². The Bertz CT molecular complexity index is 971. The van der Waals surface area contributed by atoms with Crippen LogP contribution < -0.4 is 10.6 Å². The Morgan fingerprint density at radius 3 is 2.50 bits per heavy atom. The summed E-state index contributed by atoms with van der Waals surface area (Å²) < 4.78 is 19.3. The molecule has 0 bridgehead atoms. The van der Waals surface area contributed by atoms with Crippen molar-refractivity contribution in [2.45, 2.75) is 26.9 Å². The normalized spacial score (nSPS) is 11.8. The van der Waals surface area contributed by atoms with Crippen LogP contribution in [0.3, 0.4) is 0 Å². The zero-order valence-corrected chi connectivity index (χ0v) is 18.4. The first-order chi connectivity index (χ1) is 14.2. The Balaban J connectivity index is 1.84. The molecule has 1 atom stereocenters. The Kier molecular flexibility index (Phi) is 8.29. The fraction of sp³-hybridized carbons (Fsp3) is 0.227. The van der Waals surface area contributed by atoms with Crippen LogP contribution in [-0.2, 0) is 19.1 Å². The van der Waals surface area contributed by atoms with Gasteiger partial charge in [0.1, 0.15) is 5.82 Å². The van der Waals surface area contributed by atoms with E-state index in [1.807, 2.05) is 32.0 Å². The van der Waals surface area contributed by atoms with Crippen molar-refractivity contribution in [3.8, 4) is 0 Å². The van der Waals surface area contributed by atoms with Crippen molar-refractivity contribution in [1.82, 2.24) is 5.32 Å². The minimum absolute atomic E-state index is 0.196. The number of carbonyl (C=O) groups excluding carboxylic acids is 3. The maximum Gasteiger partial charge on any atom is 0.331 e. The summed E-state index contributed by atoms with van der Waals surface area (Å²) in [6, 6.07) is 9.93. The zero-order chi connectivity index (χ0) is 22.3. The van der Waals surface area contributed by atoms with Crippen LogP contribution in [0.1, 0.15) is 23.6 Å². The van der Waals surface area contributed by atoms with Crippen LogP contribution in [0.25, 0.3) is 6.08 Å². The standard InChI is InChI=1S/C22H22BrFN2O4/c1-13-5-4-6-14(2)21(13)26-19(27)12-25-22(29)15(3)30-20(28)10-7-16-11-17(23)8-9-18(16)24/h4-11,15H,12H2,1-3H3,(H,25,29)(H,26,27)/b10-7+. The first-order valence-corrected chi connectivity index (χ1v) is 9.94. The number of aryl methyl sites for hydroxylation is 2. The Hall–Kier alpha value is -3.00. The molecule has 0 radical (unpaired) electrons. The second-order valence-corrected chi connectivity index (χ2v) is 7.53. The third kappa shape index (κ3) is 6.81. The van der Waals surface area contributed by atoms with Crippen LogP contribution in [0.15, 0.2) is 46.9 Å². The van der Waals surface area contributed by atoms with Crippen LogP contribution in [0.5, 0.6) is 0 Å². The number of benzene rings is 2. The fourth-order valence-electron chi connectivity index (χ4n) is 2.57. The number of esters is 1. The van der Waals surface area contributed by atoms with E-state index in [1.54, 1.807) is 0 Å². The minimum atomic E-state index is -1.12. The lowest BCUT2D eigenvalue weighted by molar-refractivity contribution is -0.150. The minimum Gasteiger partial charge on any atom is -0.449 e. The molecule has 158 valence electrons. The van der Waals surface area contributed by atoms with E-state index in [9.17, 15) is 18.8 Å². The average Bonchev–Trinajstić information content (AvgIpc) is 2.69. The summed E-state index contributed by atoms with van der Waals surface area (Å²) >= 11 is 3.22. The van der Waals surface area contributed by atoms with E-state index in [0.29, 0.717) is 10.2 Å². The molecule has 1 unspecified atom stereocenters. The van der Waals surface area contributed by atoms with Gasteiger partial charge in [0.25, 0.3) is 5.91 Å². The molecule has 0 saturated carbocycles. The molecule has 0 heterocycles. The predicted octanol–water partition coefficient (Wildman–Crippen LogP) is 3.90. The number of para-hydroxylation sites is 1. The molecule has 0 saturated heterocycles. The van der Waals surface area contributed by atoms with Gasteiger partial charge in [0.2, 0.25) is 5.91 Å². The zero-order valence-electron chi connectivity index (χ0n) is 16.8. The summed E-state index contributed by atoms with van der Waals surface area (Å²) in [5.41, 5.74) is 2.71. The van der Waals surface area contributed by atoms with Gasteiger partial charge in [-0.25, -0.2) is 9.18 Å². The van der Waals surface area contributed by atoms with E-state index in [0.717, 1.165) is 17.2 Å². The second-order valence-electron chi connectivity index (χ2n) is 6.61. The molecule has 0 spiro atoms. The molecule has 2 amide bonds. The summed E-state index contributed by atoms with van der Waals surface area (Å²) in [6.07, 6.45) is 1.16. The highest BCUT2D eigenvalue weighted by atomic mass is 79.9. The number of hydrogen-bond donors (Lipinski definition) is 2. The maximum atomic E-state index is 13.7. The van der Waals surface area contributed by atoms with Gasteiger partial charge in [0, 0.05) is 21.8 Å². The summed E-state index contributed by atoms with van der Waals surface area (Å²) in [7, 11) is 0. The highest BCUT2D eigenvalue weighted by Gasteiger charge is 2.17. The molecule has 8 heteroatoms. The molecule has 2 N–H and O–H groups in total. The van der Waals surface area contributed by atoms with Gasteiger partial charge in [0.15, 0.2) is 6.10 Å². The molecular weight excluding hydrogens is 455 g/mol. The van der Waals surface area contributed by atoms with Gasteiger partial charge in [-0.1, -0.05) is 34.1 Å². The van der Waals surface area contributed by atoms with Crippen molar-refractivity contribution in [3.63, 3.8) is 0 Å². The molecule has 2 rings (SSSR count). The van der Waals surface area contributed by atoms with Crippen molar-refractivity contribution in [1.29, 1.82) is 0 Å². The van der Waals surface area contributed by atoms with E-state index < -0.39 is 29.7 Å². The lowest BCUT2D eigenvalue weighted by Gasteiger charge is -2.14. The van der Waals surface area contributed by atoms with Gasteiger partial charge >= 0.3 is 5.97 Å². The first kappa shape index (κ1) is 23.3. The third-order valence-electron chi connectivity index (χ3n) is 4.19. The van der Waals surface area contributed by atoms with Crippen molar-refractivity contribution in [3.05, 3.63) is 69.5 Å². The summed E-state index contributed by atoms with van der Waals surface area (Å²) in [6.45, 7) is 4.85. The lowest BCUT2D eigenvalue weighted by atomic mass is 10.1. The monoisotopic (exact) mass is 476 g/mol. The smallest absolute Gasteiger partial charge is 0.331 e. The number of carbonyl (C=O) groups is 3. The van der Waals surface area contributed by atoms with Crippen molar-refractivity contribution in [2.24, 2.45) is 0 Å². The third-order valence-corrected chi connectivity index (χ3v) is 4.68. The fourth-order valence-corrected chi connectivity index (χ4v) is 2.95. The average molecular weight is 477 g/mol. The molecule has 2 aromatic rings. The predicted molar refractivity (Wildman–Crippen MR) is 116 cm³/mol. The van der Waals surface area contributed by atoms with Crippen molar-refractivity contribution in [2.75, 3.05) is 11.9 Å². The molecular formula is C22H22BrFN2O4. The van der Waals surface area contributed by atoms with Gasteiger partial charge in [0.05, 0.1) is 6.54 Å². The number of anilines is 1. The van der Waals surface area contributed by atoms with E-state index in [1.165, 1.54) is 31.2 Å². The van der Waals surface area contributed by atoms with Crippen LogP contribution in [-0.4, -0.2) is 30.4 Å². The highest BCUT2D eigenvalue weighted by Crippen LogP contribution is 2.19. The van der Waals surface area contributed by atoms with Crippen molar-refractivity contribution >= 4 is 45.5 Å². The molecule has 0 aliphatic carbocycles. The molecule has 0 aromatic heterocycles. The second kappa shape index (κ2) is 10.7. The number of nitrogens with one attached hydrogen (secondary N) is 2. The number of hydrogen-bond acceptors (Lipinski definition) is 4. The SMILES string of the molecule is Cc1cccc(C)c1NC(=O)CNC(=O)C(C)OC(=O)/C=C/c1cc(Br)ccc1F. The Morgan fingerprint density at radius 2 is 1.83 bits per heavy atom. The number of amides is 2. The first-order valence-electron chi connectivity index (χ1n) is 9.15. The van der Waals surface area contributed by atoms with E-state index in [4.69, 9.17) is 4.74 Å². The lowest BCUT2D eigenvalue weighted by Crippen LogP contribution is -2.40. The molecule has 0 fully saturated rings. The van der Waals surface area contributed by atoms with Crippen LogP contribution in [0.4, 0.5) is 10.1 Å². The van der Waals surface area contributed by atoms with E-state index in [-0.39, 0.29) is 12.1 Å². The summed E-state index contributed by atoms with van der Waals surface area (Å²) in [5, 5.41) is 5.17. The van der Waals surface area contributed by atoms with E-state index >= 15 is 0 Å². The van der Waals surface area contributed by atoms with Crippen molar-refractivity contribution < 1.29 is 23.5 Å². The molecule has 6 nitrogen and oxygen atoms in total. The maximum absolute atomic E-state index is 13.7. The Morgan fingerprint density at radius 1 is 1.17 bits per heavy atom. The Labute approximate surface area is 182 Å². The summed E-state index contributed by atoms with van der Waals surface area (Å²) in [5.74, 6) is -2.33. The highest BCUT2D eigenvalue weighted by molar-refractivity contribution is 9.10. The molecule has 0 aliphatic rings. The number of halogens is 2.